The third kappa shape index (κ3) is 2.53. The van der Waals surface area contributed by atoms with Crippen molar-refractivity contribution < 1.29 is 0 Å². The minimum atomic E-state index is -1.35. The summed E-state index contributed by atoms with van der Waals surface area (Å²) in [5.41, 5.74) is 3.11. The molecule has 4 atom stereocenters. The van der Waals surface area contributed by atoms with E-state index in [1.165, 1.54) is 49.8 Å². The van der Waals surface area contributed by atoms with Crippen LogP contribution in [0.4, 0.5) is 5.69 Å². The molecular formula is C24H40N2Si. The molecule has 3 heteroatoms. The molecule has 0 radical (unpaired) electrons. The SMILES string of the molecule is CC1(C)c2cc([Si](C)(C)C)ccc2N(N)C2(C)CC3CCCCC3CC12C. The van der Waals surface area contributed by atoms with E-state index in [0.717, 1.165) is 11.8 Å². The third-order valence-corrected chi connectivity index (χ3v) is 11.3. The molecule has 0 bridgehead atoms. The van der Waals surface area contributed by atoms with Crippen molar-refractivity contribution in [2.45, 2.75) is 96.8 Å². The molecule has 4 rings (SSSR count). The molecule has 2 fully saturated rings. The first-order chi connectivity index (χ1) is 12.4. The van der Waals surface area contributed by atoms with Crippen molar-refractivity contribution in [1.29, 1.82) is 0 Å². The first kappa shape index (κ1) is 19.5. The second kappa shape index (κ2) is 5.85. The van der Waals surface area contributed by atoms with E-state index in [1.54, 1.807) is 5.19 Å². The van der Waals surface area contributed by atoms with Crippen LogP contribution in [0.25, 0.3) is 0 Å². The Hall–Kier alpha value is -0.803. The summed E-state index contributed by atoms with van der Waals surface area (Å²) >= 11 is 0. The van der Waals surface area contributed by atoms with E-state index in [-0.39, 0.29) is 16.4 Å². The van der Waals surface area contributed by atoms with Gasteiger partial charge in [0.15, 0.2) is 0 Å². The van der Waals surface area contributed by atoms with Crippen LogP contribution in [0.3, 0.4) is 0 Å². The molecule has 0 aromatic heterocycles. The zero-order chi connectivity index (χ0) is 19.8. The summed E-state index contributed by atoms with van der Waals surface area (Å²) in [7, 11) is -1.35. The van der Waals surface area contributed by atoms with Crippen molar-refractivity contribution in [2.75, 3.05) is 5.01 Å². The highest BCUT2D eigenvalue weighted by Crippen LogP contribution is 2.65. The Morgan fingerprint density at radius 3 is 2.15 bits per heavy atom. The van der Waals surface area contributed by atoms with Crippen LogP contribution in [0, 0.1) is 17.3 Å². The van der Waals surface area contributed by atoms with Crippen molar-refractivity contribution >= 4 is 18.9 Å². The molecule has 2 nitrogen and oxygen atoms in total. The van der Waals surface area contributed by atoms with Gasteiger partial charge in [0.2, 0.25) is 0 Å². The zero-order valence-corrected chi connectivity index (χ0v) is 19.7. The molecule has 3 aliphatic rings. The fourth-order valence-electron chi connectivity index (χ4n) is 6.87. The van der Waals surface area contributed by atoms with Gasteiger partial charge in [0.1, 0.15) is 0 Å². The molecule has 4 unspecified atom stereocenters. The van der Waals surface area contributed by atoms with Gasteiger partial charge >= 0.3 is 0 Å². The highest BCUT2D eigenvalue weighted by molar-refractivity contribution is 6.88. The smallest absolute Gasteiger partial charge is 0.0776 e. The average molecular weight is 385 g/mol. The third-order valence-electron chi connectivity index (χ3n) is 9.29. The number of nitrogens with two attached hydrogens (primary N) is 1. The highest BCUT2D eigenvalue weighted by atomic mass is 28.3. The molecule has 2 saturated carbocycles. The molecule has 0 saturated heterocycles. The monoisotopic (exact) mass is 384 g/mol. The van der Waals surface area contributed by atoms with Crippen molar-refractivity contribution in [3.05, 3.63) is 23.8 Å². The minimum absolute atomic E-state index is 0.0304. The number of rotatable bonds is 1. The van der Waals surface area contributed by atoms with Crippen LogP contribution in [-0.4, -0.2) is 13.6 Å². The summed E-state index contributed by atoms with van der Waals surface area (Å²) in [5, 5.41) is 3.76. The van der Waals surface area contributed by atoms with Crippen LogP contribution in [0.15, 0.2) is 18.2 Å². The van der Waals surface area contributed by atoms with Crippen molar-refractivity contribution in [1.82, 2.24) is 0 Å². The van der Waals surface area contributed by atoms with Gasteiger partial charge in [-0.25, -0.2) is 5.84 Å². The maximum absolute atomic E-state index is 6.97. The average Bonchev–Trinajstić information content (AvgIpc) is 2.59. The predicted octanol–water partition coefficient (Wildman–Crippen LogP) is 5.57. The van der Waals surface area contributed by atoms with Gasteiger partial charge in [0.05, 0.1) is 19.3 Å². The molecule has 27 heavy (non-hydrogen) atoms. The first-order valence-electron chi connectivity index (χ1n) is 11.1. The number of anilines is 1. The van der Waals surface area contributed by atoms with E-state index < -0.39 is 8.07 Å². The van der Waals surface area contributed by atoms with Gasteiger partial charge in [0, 0.05) is 5.41 Å². The number of fused-ring (bicyclic) bond motifs is 3. The van der Waals surface area contributed by atoms with E-state index in [9.17, 15) is 0 Å². The summed E-state index contributed by atoms with van der Waals surface area (Å²) in [6, 6.07) is 7.22. The number of hydrogen-bond donors (Lipinski definition) is 1. The topological polar surface area (TPSA) is 29.3 Å². The minimum Gasteiger partial charge on any atom is -0.304 e. The molecule has 1 heterocycles. The largest absolute Gasteiger partial charge is 0.304 e. The van der Waals surface area contributed by atoms with E-state index >= 15 is 0 Å². The summed E-state index contributed by atoms with van der Waals surface area (Å²) < 4.78 is 0. The van der Waals surface area contributed by atoms with Crippen molar-refractivity contribution in [3.8, 4) is 0 Å². The summed E-state index contributed by atoms with van der Waals surface area (Å²) in [5.74, 6) is 8.72. The first-order valence-corrected chi connectivity index (χ1v) is 14.6. The lowest BCUT2D eigenvalue weighted by Gasteiger charge is -2.68. The normalized spacial score (nSPS) is 38.0. The molecular weight excluding hydrogens is 344 g/mol. The second-order valence-electron chi connectivity index (χ2n) is 11.8. The standard InChI is InChI=1S/C24H40N2Si/c1-22(2)20-14-19(27(5,6)7)12-13-21(20)26(25)24(4)16-18-11-9-8-10-17(18)15-23(22,24)3/h12-14,17-18H,8-11,15-16,25H2,1-7H3. The molecule has 2 N–H and O–H groups in total. The van der Waals surface area contributed by atoms with Crippen LogP contribution in [0.5, 0.6) is 0 Å². The van der Waals surface area contributed by atoms with Gasteiger partial charge in [-0.05, 0) is 48.6 Å². The molecule has 1 aliphatic heterocycles. The van der Waals surface area contributed by atoms with Crippen LogP contribution in [0.2, 0.25) is 19.6 Å². The van der Waals surface area contributed by atoms with Gasteiger partial charge in [-0.2, -0.15) is 0 Å². The van der Waals surface area contributed by atoms with Crippen LogP contribution in [-0.2, 0) is 5.41 Å². The summed E-state index contributed by atoms with van der Waals surface area (Å²) in [6.07, 6.45) is 8.26. The van der Waals surface area contributed by atoms with Gasteiger partial charge < -0.3 is 5.01 Å². The predicted molar refractivity (Wildman–Crippen MR) is 120 cm³/mol. The van der Waals surface area contributed by atoms with Crippen LogP contribution < -0.4 is 16.0 Å². The summed E-state index contributed by atoms with van der Waals surface area (Å²) in [4.78, 5) is 0. The molecule has 1 aromatic carbocycles. The quantitative estimate of drug-likeness (QED) is 0.507. The van der Waals surface area contributed by atoms with E-state index in [4.69, 9.17) is 5.84 Å². The Bertz CT molecular complexity index is 749. The van der Waals surface area contributed by atoms with Crippen LogP contribution >= 0.6 is 0 Å². The second-order valence-corrected chi connectivity index (χ2v) is 16.9. The number of nitrogens with zero attached hydrogens (tertiary/aromatic N) is 1. The van der Waals surface area contributed by atoms with Crippen molar-refractivity contribution in [2.24, 2.45) is 23.1 Å². The molecule has 1 aromatic rings. The van der Waals surface area contributed by atoms with Gasteiger partial charge in [-0.3, -0.25) is 0 Å². The summed E-state index contributed by atoms with van der Waals surface area (Å²) in [6.45, 7) is 17.4. The van der Waals surface area contributed by atoms with Crippen LogP contribution in [0.1, 0.15) is 71.8 Å². The number of hydrazine groups is 1. The fraction of sp³-hybridized carbons (Fsp3) is 0.750. The maximum atomic E-state index is 6.97. The van der Waals surface area contributed by atoms with E-state index in [0.29, 0.717) is 0 Å². The Morgan fingerprint density at radius 1 is 0.963 bits per heavy atom. The van der Waals surface area contributed by atoms with E-state index in [1.807, 2.05) is 0 Å². The fourth-order valence-corrected chi connectivity index (χ4v) is 8.03. The zero-order valence-electron chi connectivity index (χ0n) is 18.7. The lowest BCUT2D eigenvalue weighted by molar-refractivity contribution is -0.0582. The Balaban J connectivity index is 1.88. The van der Waals surface area contributed by atoms with Gasteiger partial charge in [0.25, 0.3) is 0 Å². The molecule has 2 aliphatic carbocycles. The van der Waals surface area contributed by atoms with Gasteiger partial charge in [-0.1, -0.05) is 83.4 Å². The van der Waals surface area contributed by atoms with Gasteiger partial charge in [-0.15, -0.1) is 0 Å². The number of benzene rings is 1. The molecule has 0 amide bonds. The Kier molecular flexibility index (Phi) is 4.23. The molecule has 150 valence electrons. The Morgan fingerprint density at radius 2 is 1.56 bits per heavy atom. The van der Waals surface area contributed by atoms with E-state index in [2.05, 4.69) is 70.5 Å². The highest BCUT2D eigenvalue weighted by Gasteiger charge is 2.64. The molecule has 0 spiro atoms. The Labute approximate surface area is 167 Å². The lowest BCUT2D eigenvalue weighted by Crippen LogP contribution is -2.72. The number of hydrogen-bond acceptors (Lipinski definition) is 2. The van der Waals surface area contributed by atoms with Crippen molar-refractivity contribution in [3.63, 3.8) is 0 Å². The maximum Gasteiger partial charge on any atom is 0.0776 e. The lowest BCUT2D eigenvalue weighted by atomic mass is 9.43.